The normalized spacial score (nSPS) is 11.0. The summed E-state index contributed by atoms with van der Waals surface area (Å²) in [4.78, 5) is 30.5. The van der Waals surface area contributed by atoms with E-state index in [4.69, 9.17) is 0 Å². The summed E-state index contributed by atoms with van der Waals surface area (Å²) in [5.41, 5.74) is 1.59. The molecule has 118 valence electrons. The fraction of sp³-hybridized carbons (Fsp3) is 0.235. The Bertz CT molecular complexity index is 898. The zero-order valence-electron chi connectivity index (χ0n) is 12.8. The first kappa shape index (κ1) is 15.6. The highest BCUT2D eigenvalue weighted by molar-refractivity contribution is 7.99. The van der Waals surface area contributed by atoms with E-state index >= 15 is 0 Å². The SMILES string of the molecule is CCCn1cc(C(=O)CSc2nccc(=O)[nH]2)c2ccccc21. The third-order valence-electron chi connectivity index (χ3n) is 3.54. The summed E-state index contributed by atoms with van der Waals surface area (Å²) in [6.45, 7) is 3.00. The van der Waals surface area contributed by atoms with Gasteiger partial charge in [-0.1, -0.05) is 36.9 Å². The molecule has 23 heavy (non-hydrogen) atoms. The number of aryl methyl sites for hydroxylation is 1. The Kier molecular flexibility index (Phi) is 4.62. The number of Topliss-reactive ketones (excluding diaryl/α,β-unsaturated/α-hetero) is 1. The summed E-state index contributed by atoms with van der Waals surface area (Å²) < 4.78 is 2.12. The second-order valence-corrected chi connectivity index (χ2v) is 6.17. The number of thioether (sulfide) groups is 1. The number of benzene rings is 1. The van der Waals surface area contributed by atoms with Gasteiger partial charge >= 0.3 is 0 Å². The molecular weight excluding hydrogens is 310 g/mol. The molecule has 0 aliphatic heterocycles. The number of nitrogens with zero attached hydrogens (tertiary/aromatic N) is 2. The summed E-state index contributed by atoms with van der Waals surface area (Å²) >= 11 is 1.24. The van der Waals surface area contributed by atoms with E-state index in [2.05, 4.69) is 21.5 Å². The first-order valence-electron chi connectivity index (χ1n) is 7.48. The number of aromatic amines is 1. The second-order valence-electron chi connectivity index (χ2n) is 5.20. The number of fused-ring (bicyclic) bond motifs is 1. The van der Waals surface area contributed by atoms with Gasteiger partial charge in [0.1, 0.15) is 0 Å². The second kappa shape index (κ2) is 6.83. The lowest BCUT2D eigenvalue weighted by Gasteiger charge is -2.00. The van der Waals surface area contributed by atoms with Gasteiger partial charge in [-0.05, 0) is 12.5 Å². The molecule has 0 bridgehead atoms. The number of H-pyrrole nitrogens is 1. The highest BCUT2D eigenvalue weighted by atomic mass is 32.2. The van der Waals surface area contributed by atoms with Crippen molar-refractivity contribution < 1.29 is 4.79 Å². The summed E-state index contributed by atoms with van der Waals surface area (Å²) in [7, 11) is 0. The van der Waals surface area contributed by atoms with Crippen molar-refractivity contribution in [2.75, 3.05) is 5.75 Å². The van der Waals surface area contributed by atoms with Gasteiger partial charge in [-0.25, -0.2) is 4.98 Å². The van der Waals surface area contributed by atoms with Crippen LogP contribution in [0.3, 0.4) is 0 Å². The summed E-state index contributed by atoms with van der Waals surface area (Å²) in [5.74, 6) is 0.278. The van der Waals surface area contributed by atoms with Crippen molar-refractivity contribution in [1.29, 1.82) is 0 Å². The van der Waals surface area contributed by atoms with E-state index in [0.717, 1.165) is 29.4 Å². The molecule has 0 radical (unpaired) electrons. The number of hydrogen-bond donors (Lipinski definition) is 1. The van der Waals surface area contributed by atoms with Crippen LogP contribution in [0.4, 0.5) is 0 Å². The van der Waals surface area contributed by atoms with Gasteiger partial charge in [0, 0.05) is 41.5 Å². The van der Waals surface area contributed by atoms with Gasteiger partial charge in [0.05, 0.1) is 5.75 Å². The molecule has 0 saturated carbocycles. The molecule has 2 aromatic heterocycles. The number of carbonyl (C=O) groups excluding carboxylic acids is 1. The van der Waals surface area contributed by atoms with Crippen LogP contribution in [0.5, 0.6) is 0 Å². The summed E-state index contributed by atoms with van der Waals surface area (Å²) in [6, 6.07) is 9.28. The lowest BCUT2D eigenvalue weighted by molar-refractivity contribution is 0.102. The van der Waals surface area contributed by atoms with Gasteiger partial charge in [0.15, 0.2) is 10.9 Å². The maximum atomic E-state index is 12.6. The lowest BCUT2D eigenvalue weighted by Crippen LogP contribution is -2.07. The van der Waals surface area contributed by atoms with Crippen molar-refractivity contribution in [3.63, 3.8) is 0 Å². The molecule has 0 unspecified atom stereocenters. The maximum absolute atomic E-state index is 12.6. The molecule has 0 atom stereocenters. The van der Waals surface area contributed by atoms with Crippen LogP contribution < -0.4 is 5.56 Å². The topological polar surface area (TPSA) is 67.8 Å². The van der Waals surface area contributed by atoms with Crippen molar-refractivity contribution in [3.8, 4) is 0 Å². The van der Waals surface area contributed by atoms with Gasteiger partial charge in [0.25, 0.3) is 5.56 Å². The lowest BCUT2D eigenvalue weighted by atomic mass is 10.1. The van der Waals surface area contributed by atoms with Crippen LogP contribution in [-0.2, 0) is 6.54 Å². The van der Waals surface area contributed by atoms with E-state index < -0.39 is 0 Å². The Labute approximate surface area is 137 Å². The highest BCUT2D eigenvalue weighted by Gasteiger charge is 2.15. The van der Waals surface area contributed by atoms with Crippen LogP contribution in [0.15, 0.2) is 52.7 Å². The standard InChI is InChI=1S/C17H17N3O2S/c1-2-9-20-10-13(12-5-3-4-6-14(12)20)15(21)11-23-17-18-8-7-16(22)19-17/h3-8,10H,2,9,11H2,1H3,(H,18,19,22). The van der Waals surface area contributed by atoms with Crippen molar-refractivity contribution in [2.45, 2.75) is 25.0 Å². The van der Waals surface area contributed by atoms with E-state index in [-0.39, 0.29) is 17.1 Å². The average molecular weight is 327 g/mol. The van der Waals surface area contributed by atoms with Crippen molar-refractivity contribution in [3.05, 3.63) is 58.6 Å². The van der Waals surface area contributed by atoms with E-state index in [1.54, 1.807) is 0 Å². The van der Waals surface area contributed by atoms with Crippen molar-refractivity contribution in [2.24, 2.45) is 0 Å². The average Bonchev–Trinajstić information content (AvgIpc) is 2.92. The minimum atomic E-state index is -0.213. The third-order valence-corrected chi connectivity index (χ3v) is 4.43. The zero-order chi connectivity index (χ0) is 16.2. The molecule has 3 rings (SSSR count). The number of rotatable bonds is 6. The Hall–Kier alpha value is -2.34. The molecule has 6 heteroatoms. The molecule has 0 fully saturated rings. The largest absolute Gasteiger partial charge is 0.347 e. The Morgan fingerprint density at radius 3 is 2.91 bits per heavy atom. The number of carbonyl (C=O) groups is 1. The Morgan fingerprint density at radius 1 is 1.30 bits per heavy atom. The molecule has 2 heterocycles. The third kappa shape index (κ3) is 3.37. The first-order valence-corrected chi connectivity index (χ1v) is 8.47. The van der Waals surface area contributed by atoms with Gasteiger partial charge in [0.2, 0.25) is 0 Å². The molecule has 0 aliphatic carbocycles. The van der Waals surface area contributed by atoms with Gasteiger partial charge < -0.3 is 9.55 Å². The number of para-hydroxylation sites is 1. The summed E-state index contributed by atoms with van der Waals surface area (Å²) in [6.07, 6.45) is 4.38. The molecular formula is C17H17N3O2S. The molecule has 5 nitrogen and oxygen atoms in total. The Morgan fingerprint density at radius 2 is 2.13 bits per heavy atom. The highest BCUT2D eigenvalue weighted by Crippen LogP contribution is 2.24. The first-order chi connectivity index (χ1) is 11.2. The van der Waals surface area contributed by atoms with Gasteiger partial charge in [-0.2, -0.15) is 0 Å². The fourth-order valence-corrected chi connectivity index (χ4v) is 3.26. The summed E-state index contributed by atoms with van der Waals surface area (Å²) in [5, 5.41) is 1.43. The molecule has 1 N–H and O–H groups in total. The number of hydrogen-bond acceptors (Lipinski definition) is 4. The van der Waals surface area contributed by atoms with Crippen LogP contribution in [0.25, 0.3) is 10.9 Å². The fourth-order valence-electron chi connectivity index (χ4n) is 2.53. The smallest absolute Gasteiger partial charge is 0.251 e. The van der Waals surface area contributed by atoms with Crippen LogP contribution >= 0.6 is 11.8 Å². The number of aromatic nitrogens is 3. The molecule has 1 aromatic carbocycles. The maximum Gasteiger partial charge on any atom is 0.251 e. The van der Waals surface area contributed by atoms with E-state index in [9.17, 15) is 9.59 Å². The van der Waals surface area contributed by atoms with Gasteiger partial charge in [-0.15, -0.1) is 0 Å². The molecule has 3 aromatic rings. The van der Waals surface area contributed by atoms with E-state index in [1.165, 1.54) is 24.0 Å². The number of ketones is 1. The van der Waals surface area contributed by atoms with Gasteiger partial charge in [-0.3, -0.25) is 9.59 Å². The van der Waals surface area contributed by atoms with Crippen LogP contribution in [-0.4, -0.2) is 26.1 Å². The minimum absolute atomic E-state index is 0.0348. The van der Waals surface area contributed by atoms with E-state index in [0.29, 0.717) is 5.16 Å². The minimum Gasteiger partial charge on any atom is -0.347 e. The van der Waals surface area contributed by atoms with Crippen LogP contribution in [0.2, 0.25) is 0 Å². The van der Waals surface area contributed by atoms with Crippen LogP contribution in [0, 0.1) is 0 Å². The van der Waals surface area contributed by atoms with Crippen LogP contribution in [0.1, 0.15) is 23.7 Å². The quantitative estimate of drug-likeness (QED) is 0.429. The monoisotopic (exact) mass is 327 g/mol. The molecule has 0 spiro atoms. The number of nitrogens with one attached hydrogen (secondary N) is 1. The zero-order valence-corrected chi connectivity index (χ0v) is 13.6. The molecule has 0 saturated heterocycles. The van der Waals surface area contributed by atoms with Crippen molar-refractivity contribution in [1.82, 2.24) is 14.5 Å². The predicted molar refractivity (Wildman–Crippen MR) is 92.1 cm³/mol. The molecule has 0 aliphatic rings. The predicted octanol–water partition coefficient (Wildman–Crippen LogP) is 3.11. The Balaban J connectivity index is 1.84. The molecule has 0 amide bonds. The van der Waals surface area contributed by atoms with E-state index in [1.807, 2.05) is 30.5 Å². The van der Waals surface area contributed by atoms with Crippen molar-refractivity contribution >= 4 is 28.4 Å².